The fraction of sp³-hybridized carbons (Fsp3) is 0.500. The standard InChI is InChI=1S/C8H13N3O/c1-3-4-12-8-6-10-5-7(9-2)11-8/h5-6H,3-4H2,1-2H3,(H,9,11). The van der Waals surface area contributed by atoms with Crippen LogP contribution in [0.15, 0.2) is 12.4 Å². The zero-order chi connectivity index (χ0) is 8.81. The number of aromatic nitrogens is 2. The molecule has 0 amide bonds. The summed E-state index contributed by atoms with van der Waals surface area (Å²) in [7, 11) is 1.80. The second-order valence-corrected chi connectivity index (χ2v) is 2.34. The third-order valence-electron chi connectivity index (χ3n) is 1.32. The van der Waals surface area contributed by atoms with Crippen LogP contribution < -0.4 is 10.1 Å². The van der Waals surface area contributed by atoms with Crippen molar-refractivity contribution in [1.82, 2.24) is 9.97 Å². The van der Waals surface area contributed by atoms with Gasteiger partial charge in [0, 0.05) is 7.05 Å². The molecular formula is C8H13N3O. The molecule has 0 aliphatic carbocycles. The molecule has 0 fully saturated rings. The van der Waals surface area contributed by atoms with Crippen molar-refractivity contribution >= 4 is 5.82 Å². The summed E-state index contributed by atoms with van der Waals surface area (Å²) in [5, 5.41) is 2.89. The van der Waals surface area contributed by atoms with Crippen molar-refractivity contribution in [3.05, 3.63) is 12.4 Å². The summed E-state index contributed by atoms with van der Waals surface area (Å²) in [5.74, 6) is 1.30. The molecule has 0 atom stereocenters. The van der Waals surface area contributed by atoms with Gasteiger partial charge >= 0.3 is 0 Å². The van der Waals surface area contributed by atoms with Crippen molar-refractivity contribution in [2.75, 3.05) is 19.0 Å². The van der Waals surface area contributed by atoms with Gasteiger partial charge in [0.2, 0.25) is 5.88 Å². The van der Waals surface area contributed by atoms with Crippen LogP contribution in [0.2, 0.25) is 0 Å². The number of nitrogens with one attached hydrogen (secondary N) is 1. The predicted molar refractivity (Wildman–Crippen MR) is 47.4 cm³/mol. The molecule has 0 saturated heterocycles. The van der Waals surface area contributed by atoms with Crippen molar-refractivity contribution < 1.29 is 4.74 Å². The average Bonchev–Trinajstić information content (AvgIpc) is 2.15. The Hall–Kier alpha value is -1.32. The van der Waals surface area contributed by atoms with E-state index in [0.717, 1.165) is 12.2 Å². The molecule has 12 heavy (non-hydrogen) atoms. The van der Waals surface area contributed by atoms with E-state index >= 15 is 0 Å². The molecule has 0 unspecified atom stereocenters. The molecule has 0 bridgehead atoms. The predicted octanol–water partition coefficient (Wildman–Crippen LogP) is 1.31. The molecule has 1 aromatic heterocycles. The minimum Gasteiger partial charge on any atom is -0.477 e. The molecule has 0 aliphatic heterocycles. The Morgan fingerprint density at radius 2 is 2.33 bits per heavy atom. The fourth-order valence-electron chi connectivity index (χ4n) is 0.745. The zero-order valence-electron chi connectivity index (χ0n) is 7.37. The Balaban J connectivity index is 2.60. The first kappa shape index (κ1) is 8.77. The third kappa shape index (κ3) is 2.38. The van der Waals surface area contributed by atoms with Crippen molar-refractivity contribution in [2.24, 2.45) is 0 Å². The minimum atomic E-state index is 0.573. The van der Waals surface area contributed by atoms with Crippen LogP contribution in [0.25, 0.3) is 0 Å². The lowest BCUT2D eigenvalue weighted by molar-refractivity contribution is 0.304. The summed E-state index contributed by atoms with van der Waals surface area (Å²) in [6, 6.07) is 0. The van der Waals surface area contributed by atoms with Gasteiger partial charge in [0.1, 0.15) is 5.82 Å². The van der Waals surface area contributed by atoms with E-state index in [-0.39, 0.29) is 0 Å². The average molecular weight is 167 g/mol. The molecule has 4 nitrogen and oxygen atoms in total. The molecule has 1 rings (SSSR count). The second kappa shape index (κ2) is 4.54. The first-order chi connectivity index (χ1) is 5.86. The quantitative estimate of drug-likeness (QED) is 0.734. The lowest BCUT2D eigenvalue weighted by atomic mass is 10.5. The zero-order valence-corrected chi connectivity index (χ0v) is 7.37. The number of hydrogen-bond acceptors (Lipinski definition) is 4. The second-order valence-electron chi connectivity index (χ2n) is 2.34. The van der Waals surface area contributed by atoms with Gasteiger partial charge in [-0.1, -0.05) is 6.92 Å². The number of rotatable bonds is 4. The smallest absolute Gasteiger partial charge is 0.234 e. The maximum Gasteiger partial charge on any atom is 0.234 e. The Kier molecular flexibility index (Phi) is 3.32. The first-order valence-electron chi connectivity index (χ1n) is 3.99. The molecule has 4 heteroatoms. The highest BCUT2D eigenvalue weighted by Crippen LogP contribution is 2.07. The first-order valence-corrected chi connectivity index (χ1v) is 3.99. The molecule has 1 N–H and O–H groups in total. The Morgan fingerprint density at radius 3 is 3.00 bits per heavy atom. The van der Waals surface area contributed by atoms with E-state index in [2.05, 4.69) is 22.2 Å². The number of anilines is 1. The highest BCUT2D eigenvalue weighted by Gasteiger charge is 1.95. The normalized spacial score (nSPS) is 9.50. The summed E-state index contributed by atoms with van der Waals surface area (Å²) >= 11 is 0. The van der Waals surface area contributed by atoms with Gasteiger partial charge in [-0.25, -0.2) is 0 Å². The van der Waals surface area contributed by atoms with Gasteiger partial charge in [0.15, 0.2) is 0 Å². The molecule has 0 aromatic carbocycles. The van der Waals surface area contributed by atoms with Gasteiger partial charge in [0.25, 0.3) is 0 Å². The summed E-state index contributed by atoms with van der Waals surface area (Å²) in [6.07, 6.45) is 4.24. The molecule has 1 aromatic rings. The highest BCUT2D eigenvalue weighted by molar-refractivity contribution is 5.31. The van der Waals surface area contributed by atoms with Gasteiger partial charge in [-0.05, 0) is 6.42 Å². The topological polar surface area (TPSA) is 47.0 Å². The van der Waals surface area contributed by atoms with Crippen molar-refractivity contribution in [3.63, 3.8) is 0 Å². The number of nitrogens with zero attached hydrogens (tertiary/aromatic N) is 2. The SMILES string of the molecule is CCCOc1cncc(NC)n1. The Morgan fingerprint density at radius 1 is 1.50 bits per heavy atom. The van der Waals surface area contributed by atoms with Gasteiger partial charge in [-0.3, -0.25) is 4.98 Å². The van der Waals surface area contributed by atoms with Crippen molar-refractivity contribution in [2.45, 2.75) is 13.3 Å². The highest BCUT2D eigenvalue weighted by atomic mass is 16.5. The van der Waals surface area contributed by atoms with Gasteiger partial charge in [0.05, 0.1) is 19.0 Å². The maximum atomic E-state index is 5.28. The summed E-state index contributed by atoms with van der Waals surface area (Å²) in [4.78, 5) is 8.09. The van der Waals surface area contributed by atoms with Crippen LogP contribution in [0.3, 0.4) is 0 Å². The van der Waals surface area contributed by atoms with Gasteiger partial charge in [-0.15, -0.1) is 0 Å². The van der Waals surface area contributed by atoms with E-state index < -0.39 is 0 Å². The van der Waals surface area contributed by atoms with Crippen molar-refractivity contribution in [3.8, 4) is 5.88 Å². The molecule has 0 saturated carbocycles. The van der Waals surface area contributed by atoms with Gasteiger partial charge < -0.3 is 10.1 Å². The Labute approximate surface area is 72.0 Å². The maximum absolute atomic E-state index is 5.28. The van der Waals surface area contributed by atoms with Crippen molar-refractivity contribution in [1.29, 1.82) is 0 Å². The number of hydrogen-bond donors (Lipinski definition) is 1. The lowest BCUT2D eigenvalue weighted by Gasteiger charge is -2.03. The molecule has 0 spiro atoms. The van der Waals surface area contributed by atoms with Crippen LogP contribution in [-0.2, 0) is 0 Å². The number of ether oxygens (including phenoxy) is 1. The van der Waals surface area contributed by atoms with Crippen LogP contribution in [0.4, 0.5) is 5.82 Å². The van der Waals surface area contributed by atoms with Crippen LogP contribution in [0, 0.1) is 0 Å². The van der Waals surface area contributed by atoms with E-state index in [1.54, 1.807) is 19.4 Å². The minimum absolute atomic E-state index is 0.573. The molecule has 1 heterocycles. The van der Waals surface area contributed by atoms with Gasteiger partial charge in [-0.2, -0.15) is 4.98 Å². The fourth-order valence-corrected chi connectivity index (χ4v) is 0.745. The van der Waals surface area contributed by atoms with Crippen LogP contribution in [0.5, 0.6) is 5.88 Å². The third-order valence-corrected chi connectivity index (χ3v) is 1.32. The lowest BCUT2D eigenvalue weighted by Crippen LogP contribution is -2.00. The monoisotopic (exact) mass is 167 g/mol. The molecule has 0 aliphatic rings. The van der Waals surface area contributed by atoms with E-state index in [4.69, 9.17) is 4.74 Å². The summed E-state index contributed by atoms with van der Waals surface area (Å²) in [5.41, 5.74) is 0. The van der Waals surface area contributed by atoms with E-state index in [1.165, 1.54) is 0 Å². The van der Waals surface area contributed by atoms with Crippen LogP contribution >= 0.6 is 0 Å². The van der Waals surface area contributed by atoms with E-state index in [1.807, 2.05) is 0 Å². The molecule has 0 radical (unpaired) electrons. The summed E-state index contributed by atoms with van der Waals surface area (Å²) in [6.45, 7) is 2.73. The van der Waals surface area contributed by atoms with E-state index in [0.29, 0.717) is 12.5 Å². The largest absolute Gasteiger partial charge is 0.477 e. The van der Waals surface area contributed by atoms with E-state index in [9.17, 15) is 0 Å². The van der Waals surface area contributed by atoms with Crippen LogP contribution in [0.1, 0.15) is 13.3 Å². The molecule has 66 valence electrons. The molecular weight excluding hydrogens is 154 g/mol. The van der Waals surface area contributed by atoms with Crippen LogP contribution in [-0.4, -0.2) is 23.6 Å². The Bertz CT molecular complexity index is 239. The summed E-state index contributed by atoms with van der Waals surface area (Å²) < 4.78 is 5.28.